The van der Waals surface area contributed by atoms with Gasteiger partial charge in [0.15, 0.2) is 11.1 Å². The molecule has 7 nitrogen and oxygen atoms in total. The summed E-state index contributed by atoms with van der Waals surface area (Å²) in [6.07, 6.45) is -4.81. The number of nitrogens with one attached hydrogen (secondary N) is 3. The number of para-hydroxylation sites is 2. The van der Waals surface area contributed by atoms with Crippen molar-refractivity contribution in [3.05, 3.63) is 94.3 Å². The lowest BCUT2D eigenvalue weighted by molar-refractivity contribution is -0.136. The maximum absolute atomic E-state index is 14.0. The fraction of sp³-hybridized carbons (Fsp3) is 0.125. The Morgan fingerprint density at radius 1 is 1.00 bits per heavy atom. The van der Waals surface area contributed by atoms with Crippen molar-refractivity contribution in [2.45, 2.75) is 12.7 Å². The van der Waals surface area contributed by atoms with Gasteiger partial charge in [-0.3, -0.25) is 9.36 Å². The van der Waals surface area contributed by atoms with Crippen molar-refractivity contribution >= 4 is 28.6 Å². The maximum Gasteiger partial charge on any atom is 0.417 e. The number of hydrogen-bond acceptors (Lipinski definition) is 4. The fourth-order valence-electron chi connectivity index (χ4n) is 3.54. The molecule has 0 aliphatic rings. The summed E-state index contributed by atoms with van der Waals surface area (Å²) in [5.74, 6) is 0.243. The van der Waals surface area contributed by atoms with Gasteiger partial charge in [0.05, 0.1) is 23.2 Å². The number of nitrogens with zero attached hydrogens (tertiary/aromatic N) is 2. The first-order chi connectivity index (χ1) is 16.3. The lowest BCUT2D eigenvalue weighted by atomic mass is 10.1. The number of carbonyl (C=O) groups is 1. The molecule has 0 saturated carbocycles. The number of benzene rings is 2. The van der Waals surface area contributed by atoms with Crippen LogP contribution in [-0.2, 0) is 12.7 Å². The number of fused-ring (bicyclic) bond motifs is 1. The van der Waals surface area contributed by atoms with Gasteiger partial charge < -0.3 is 16.0 Å². The summed E-state index contributed by atoms with van der Waals surface area (Å²) in [5, 5.41) is 7.32. The van der Waals surface area contributed by atoms with Crippen LogP contribution in [0.25, 0.3) is 16.7 Å². The molecular formula is C24H20F3N5O2. The van der Waals surface area contributed by atoms with Gasteiger partial charge in [-0.25, -0.2) is 9.78 Å². The molecule has 0 fully saturated rings. The number of anilines is 2. The Labute approximate surface area is 192 Å². The van der Waals surface area contributed by atoms with Crippen molar-refractivity contribution < 1.29 is 18.0 Å². The van der Waals surface area contributed by atoms with E-state index >= 15 is 0 Å². The number of rotatable bonds is 5. The molecule has 4 aromatic rings. The molecule has 174 valence electrons. The third-order valence-electron chi connectivity index (χ3n) is 5.04. The Morgan fingerprint density at radius 2 is 1.65 bits per heavy atom. The molecule has 3 N–H and O–H groups in total. The van der Waals surface area contributed by atoms with E-state index in [1.54, 1.807) is 54.6 Å². The van der Waals surface area contributed by atoms with Gasteiger partial charge in [-0.05, 0) is 30.3 Å². The lowest BCUT2D eigenvalue weighted by Gasteiger charge is -2.20. The molecule has 2 aromatic heterocycles. The maximum atomic E-state index is 14.0. The topological polar surface area (TPSA) is 88.0 Å². The zero-order chi connectivity index (χ0) is 24.3. The second-order valence-electron chi connectivity index (χ2n) is 7.35. The second-order valence-corrected chi connectivity index (χ2v) is 7.35. The standard InChI is InChI=1S/C24H20F3N5O2/c1-28-23(34)29-14-16-12-18(24(25,26)27)21-19(33)13-20(30-15-8-4-2-5-9-15)32(22(21)31-16)17-10-6-3-7-11-17/h2-13,30H,14H2,1H3,(H2,28,29,34). The van der Waals surface area contributed by atoms with Crippen LogP contribution in [-0.4, -0.2) is 22.6 Å². The van der Waals surface area contributed by atoms with Gasteiger partial charge in [-0.1, -0.05) is 36.4 Å². The number of hydrogen-bond donors (Lipinski definition) is 3. The molecular weight excluding hydrogens is 447 g/mol. The van der Waals surface area contributed by atoms with Crippen LogP contribution in [0, 0.1) is 0 Å². The third-order valence-corrected chi connectivity index (χ3v) is 5.04. The smallest absolute Gasteiger partial charge is 0.341 e. The van der Waals surface area contributed by atoms with Gasteiger partial charge in [0.25, 0.3) is 0 Å². The van der Waals surface area contributed by atoms with Crippen LogP contribution in [0.5, 0.6) is 0 Å². The molecule has 0 radical (unpaired) electrons. The highest BCUT2D eigenvalue weighted by atomic mass is 19.4. The second kappa shape index (κ2) is 9.26. The van der Waals surface area contributed by atoms with E-state index in [1.165, 1.54) is 11.6 Å². The number of carbonyl (C=O) groups excluding carboxylic acids is 1. The predicted octanol–water partition coefficient (Wildman–Crippen LogP) is 4.58. The van der Waals surface area contributed by atoms with E-state index in [0.717, 1.165) is 12.1 Å². The first-order valence-electron chi connectivity index (χ1n) is 10.3. The molecule has 10 heteroatoms. The average molecular weight is 467 g/mol. The summed E-state index contributed by atoms with van der Waals surface area (Å²) in [7, 11) is 1.39. The average Bonchev–Trinajstić information content (AvgIpc) is 2.82. The molecule has 4 rings (SSSR count). The van der Waals surface area contributed by atoms with Crippen molar-refractivity contribution in [3.63, 3.8) is 0 Å². The fourth-order valence-corrected chi connectivity index (χ4v) is 3.54. The van der Waals surface area contributed by atoms with Crippen molar-refractivity contribution in [1.29, 1.82) is 0 Å². The molecule has 2 amide bonds. The van der Waals surface area contributed by atoms with E-state index in [1.807, 2.05) is 6.07 Å². The number of aromatic nitrogens is 2. The monoisotopic (exact) mass is 467 g/mol. The van der Waals surface area contributed by atoms with Crippen LogP contribution < -0.4 is 21.4 Å². The van der Waals surface area contributed by atoms with Gasteiger partial charge in [0.2, 0.25) is 0 Å². The van der Waals surface area contributed by atoms with Crippen LogP contribution >= 0.6 is 0 Å². The highest BCUT2D eigenvalue weighted by Gasteiger charge is 2.35. The van der Waals surface area contributed by atoms with Crippen LogP contribution in [0.2, 0.25) is 0 Å². The van der Waals surface area contributed by atoms with Crippen LogP contribution in [0.1, 0.15) is 11.3 Å². The van der Waals surface area contributed by atoms with Crippen LogP contribution in [0.15, 0.2) is 77.6 Å². The first kappa shape index (κ1) is 22.8. The Morgan fingerprint density at radius 3 is 2.26 bits per heavy atom. The number of halogens is 3. The minimum Gasteiger partial charge on any atom is -0.341 e. The van der Waals surface area contributed by atoms with Crippen molar-refractivity contribution in [3.8, 4) is 5.69 Å². The zero-order valence-electron chi connectivity index (χ0n) is 18.0. The molecule has 0 aliphatic heterocycles. The predicted molar refractivity (Wildman–Crippen MR) is 123 cm³/mol. The summed E-state index contributed by atoms with van der Waals surface area (Å²) < 4.78 is 43.6. The summed E-state index contributed by atoms with van der Waals surface area (Å²) in [5.41, 5.74) is -1.04. The van der Waals surface area contributed by atoms with E-state index in [0.29, 0.717) is 11.4 Å². The normalized spacial score (nSPS) is 11.3. The molecule has 0 saturated heterocycles. The van der Waals surface area contributed by atoms with E-state index in [-0.39, 0.29) is 23.7 Å². The minimum absolute atomic E-state index is 0.0515. The van der Waals surface area contributed by atoms with E-state index in [2.05, 4.69) is 20.9 Å². The van der Waals surface area contributed by atoms with Gasteiger partial charge in [0, 0.05) is 24.5 Å². The quantitative estimate of drug-likeness (QED) is 0.401. The van der Waals surface area contributed by atoms with Gasteiger partial charge >= 0.3 is 12.2 Å². The Bertz CT molecular complexity index is 1390. The number of pyridine rings is 2. The van der Waals surface area contributed by atoms with Gasteiger partial charge in [-0.15, -0.1) is 0 Å². The van der Waals surface area contributed by atoms with E-state index < -0.39 is 28.6 Å². The molecule has 34 heavy (non-hydrogen) atoms. The summed E-state index contributed by atoms with van der Waals surface area (Å²) >= 11 is 0. The van der Waals surface area contributed by atoms with Crippen molar-refractivity contribution in [2.75, 3.05) is 12.4 Å². The highest BCUT2D eigenvalue weighted by molar-refractivity contribution is 5.85. The number of urea groups is 1. The molecule has 0 atom stereocenters. The largest absolute Gasteiger partial charge is 0.417 e. The summed E-state index contributed by atoms with van der Waals surface area (Å²) in [6, 6.07) is 18.9. The summed E-state index contributed by atoms with van der Waals surface area (Å²) in [4.78, 5) is 29.0. The molecule has 0 spiro atoms. The first-order valence-corrected chi connectivity index (χ1v) is 10.3. The molecule has 2 heterocycles. The number of alkyl halides is 3. The minimum atomic E-state index is -4.81. The van der Waals surface area contributed by atoms with Gasteiger partial charge in [-0.2, -0.15) is 13.2 Å². The molecule has 0 bridgehead atoms. The zero-order valence-corrected chi connectivity index (χ0v) is 18.0. The van der Waals surface area contributed by atoms with Crippen LogP contribution in [0.3, 0.4) is 0 Å². The van der Waals surface area contributed by atoms with E-state index in [4.69, 9.17) is 0 Å². The van der Waals surface area contributed by atoms with Gasteiger partial charge in [0.1, 0.15) is 5.82 Å². The van der Waals surface area contributed by atoms with Crippen LogP contribution in [0.4, 0.5) is 29.5 Å². The Hall–Kier alpha value is -4.34. The van der Waals surface area contributed by atoms with E-state index in [9.17, 15) is 22.8 Å². The third kappa shape index (κ3) is 4.70. The lowest BCUT2D eigenvalue weighted by Crippen LogP contribution is -2.32. The number of amides is 2. The highest BCUT2D eigenvalue weighted by Crippen LogP contribution is 2.35. The Kier molecular flexibility index (Phi) is 6.22. The Balaban J connectivity index is 2.03. The molecule has 2 aromatic carbocycles. The van der Waals surface area contributed by atoms with Crippen molar-refractivity contribution in [1.82, 2.24) is 20.2 Å². The SMILES string of the molecule is CNC(=O)NCc1cc(C(F)(F)F)c2c(=O)cc(Nc3ccccc3)n(-c3ccccc3)c2n1. The molecule has 0 unspecified atom stereocenters. The van der Waals surface area contributed by atoms with Crippen molar-refractivity contribution in [2.24, 2.45) is 0 Å². The molecule has 0 aliphatic carbocycles. The summed E-state index contributed by atoms with van der Waals surface area (Å²) in [6.45, 7) is -0.266.